The predicted octanol–water partition coefficient (Wildman–Crippen LogP) is 4.58. The second-order valence-electron chi connectivity index (χ2n) is 7.40. The molecule has 34 heavy (non-hydrogen) atoms. The van der Waals surface area contributed by atoms with Gasteiger partial charge in [-0.15, -0.1) is 0 Å². The van der Waals surface area contributed by atoms with Crippen molar-refractivity contribution in [2.75, 3.05) is 17.3 Å². The van der Waals surface area contributed by atoms with E-state index in [-0.39, 0.29) is 11.3 Å². The predicted molar refractivity (Wildman–Crippen MR) is 131 cm³/mol. The molecular formula is C24H24N4O5S. The van der Waals surface area contributed by atoms with Gasteiger partial charge in [0.15, 0.2) is 0 Å². The Kier molecular flexibility index (Phi) is 8.58. The Morgan fingerprint density at radius 3 is 2.56 bits per heavy atom. The normalized spacial score (nSPS) is 11.4. The minimum Gasteiger partial charge on any atom is -0.439 e. The van der Waals surface area contributed by atoms with Gasteiger partial charge in [-0.2, -0.15) is 11.8 Å². The number of anilines is 1. The molecule has 3 aromatic rings. The van der Waals surface area contributed by atoms with Gasteiger partial charge in [0.05, 0.1) is 16.8 Å². The van der Waals surface area contributed by atoms with Gasteiger partial charge in [0.25, 0.3) is 11.6 Å². The Hall–Kier alpha value is -3.92. The zero-order valence-electron chi connectivity index (χ0n) is 18.7. The number of amides is 2. The molecule has 0 aliphatic rings. The molecule has 2 aromatic carbocycles. The highest BCUT2D eigenvalue weighted by atomic mass is 32.2. The molecule has 1 heterocycles. The number of hydrogen-bond acceptors (Lipinski definition) is 7. The fourth-order valence-electron chi connectivity index (χ4n) is 2.98. The molecule has 0 saturated carbocycles. The van der Waals surface area contributed by atoms with Crippen molar-refractivity contribution in [3.8, 4) is 11.6 Å². The van der Waals surface area contributed by atoms with Crippen LogP contribution < -0.4 is 15.4 Å². The van der Waals surface area contributed by atoms with Crippen LogP contribution in [0, 0.1) is 17.0 Å². The average molecular weight is 481 g/mol. The molecule has 3 rings (SSSR count). The van der Waals surface area contributed by atoms with E-state index >= 15 is 0 Å². The highest BCUT2D eigenvalue weighted by Gasteiger charge is 2.22. The molecule has 0 bridgehead atoms. The molecule has 1 unspecified atom stereocenters. The van der Waals surface area contributed by atoms with Gasteiger partial charge in [-0.1, -0.05) is 23.8 Å². The van der Waals surface area contributed by atoms with Gasteiger partial charge in [-0.25, -0.2) is 4.98 Å². The van der Waals surface area contributed by atoms with Crippen LogP contribution in [-0.2, 0) is 4.79 Å². The third-order valence-electron chi connectivity index (χ3n) is 4.80. The van der Waals surface area contributed by atoms with E-state index in [9.17, 15) is 19.7 Å². The molecule has 0 fully saturated rings. The van der Waals surface area contributed by atoms with E-state index in [1.807, 2.05) is 37.4 Å². The first-order valence-electron chi connectivity index (χ1n) is 10.4. The quantitative estimate of drug-likeness (QED) is 0.321. The van der Waals surface area contributed by atoms with Crippen LogP contribution in [0.2, 0.25) is 0 Å². The molecule has 10 heteroatoms. The molecule has 2 N–H and O–H groups in total. The van der Waals surface area contributed by atoms with Crippen molar-refractivity contribution in [1.82, 2.24) is 10.3 Å². The number of rotatable bonds is 10. The van der Waals surface area contributed by atoms with E-state index in [2.05, 4.69) is 15.6 Å². The number of ether oxygens (including phenoxy) is 1. The van der Waals surface area contributed by atoms with Crippen LogP contribution in [-0.4, -0.2) is 39.8 Å². The van der Waals surface area contributed by atoms with Crippen LogP contribution in [0.1, 0.15) is 22.3 Å². The molecule has 1 atom stereocenters. The number of nitrogens with zero attached hydrogens (tertiary/aromatic N) is 2. The van der Waals surface area contributed by atoms with E-state index in [1.165, 1.54) is 42.2 Å². The zero-order valence-corrected chi connectivity index (χ0v) is 19.5. The molecule has 9 nitrogen and oxygen atoms in total. The van der Waals surface area contributed by atoms with Crippen LogP contribution in [0.15, 0.2) is 66.9 Å². The van der Waals surface area contributed by atoms with Crippen LogP contribution >= 0.6 is 11.8 Å². The summed E-state index contributed by atoms with van der Waals surface area (Å²) in [6.07, 6.45) is 3.75. The third-order valence-corrected chi connectivity index (χ3v) is 5.44. The van der Waals surface area contributed by atoms with E-state index in [1.54, 1.807) is 12.1 Å². The standard InChI is InChI=1S/C24H24N4O5S/c1-16-6-9-20(10-7-16)33-22-11-8-18(15-25-22)26-24(30)21(12-13-34-2)27-23(29)17-4-3-5-19(14-17)28(31)32/h3-11,14-15,21H,12-13H2,1-2H3,(H,26,30)(H,27,29). The smallest absolute Gasteiger partial charge is 0.270 e. The highest BCUT2D eigenvalue weighted by Crippen LogP contribution is 2.21. The number of aromatic nitrogens is 1. The molecule has 0 aliphatic carbocycles. The first-order chi connectivity index (χ1) is 16.4. The van der Waals surface area contributed by atoms with Crippen LogP contribution in [0.25, 0.3) is 0 Å². The fourth-order valence-corrected chi connectivity index (χ4v) is 3.45. The molecule has 2 amide bonds. The van der Waals surface area contributed by atoms with Gasteiger partial charge < -0.3 is 15.4 Å². The first-order valence-corrected chi connectivity index (χ1v) is 11.8. The molecule has 0 radical (unpaired) electrons. The summed E-state index contributed by atoms with van der Waals surface area (Å²) < 4.78 is 5.69. The van der Waals surface area contributed by atoms with Gasteiger partial charge in [-0.3, -0.25) is 19.7 Å². The van der Waals surface area contributed by atoms with Crippen molar-refractivity contribution < 1.29 is 19.2 Å². The lowest BCUT2D eigenvalue weighted by Crippen LogP contribution is -2.44. The van der Waals surface area contributed by atoms with Crippen molar-refractivity contribution in [1.29, 1.82) is 0 Å². The summed E-state index contributed by atoms with van der Waals surface area (Å²) in [5.41, 5.74) is 1.47. The van der Waals surface area contributed by atoms with Gasteiger partial charge in [0.2, 0.25) is 11.8 Å². The van der Waals surface area contributed by atoms with Crippen molar-refractivity contribution in [2.45, 2.75) is 19.4 Å². The fraction of sp³-hybridized carbons (Fsp3) is 0.208. The minimum atomic E-state index is -0.831. The number of pyridine rings is 1. The number of nitro groups is 1. The lowest BCUT2D eigenvalue weighted by atomic mass is 10.1. The van der Waals surface area contributed by atoms with Gasteiger partial charge in [0.1, 0.15) is 11.8 Å². The number of non-ortho nitro benzene ring substituents is 1. The Balaban J connectivity index is 1.65. The average Bonchev–Trinajstić information content (AvgIpc) is 2.84. The maximum Gasteiger partial charge on any atom is 0.270 e. The number of aryl methyl sites for hydroxylation is 1. The number of thioether (sulfide) groups is 1. The summed E-state index contributed by atoms with van der Waals surface area (Å²) in [5, 5.41) is 16.4. The van der Waals surface area contributed by atoms with E-state index in [4.69, 9.17) is 4.74 Å². The number of carbonyl (C=O) groups excluding carboxylic acids is 2. The Morgan fingerprint density at radius 1 is 1.15 bits per heavy atom. The van der Waals surface area contributed by atoms with E-state index < -0.39 is 22.8 Å². The number of carbonyl (C=O) groups is 2. The van der Waals surface area contributed by atoms with Gasteiger partial charge >= 0.3 is 0 Å². The molecule has 0 aliphatic heterocycles. The highest BCUT2D eigenvalue weighted by molar-refractivity contribution is 7.98. The number of hydrogen-bond donors (Lipinski definition) is 2. The Morgan fingerprint density at radius 2 is 1.91 bits per heavy atom. The van der Waals surface area contributed by atoms with Gasteiger partial charge in [-0.05, 0) is 49.6 Å². The summed E-state index contributed by atoms with van der Waals surface area (Å²) in [6, 6.07) is 15.4. The SMILES string of the molecule is CSCCC(NC(=O)c1cccc([N+](=O)[O-])c1)C(=O)Nc1ccc(Oc2ccc(C)cc2)nc1. The monoisotopic (exact) mass is 480 g/mol. The van der Waals surface area contributed by atoms with Gasteiger partial charge in [0, 0.05) is 23.8 Å². The third kappa shape index (κ3) is 7.04. The lowest BCUT2D eigenvalue weighted by Gasteiger charge is -2.18. The summed E-state index contributed by atoms with van der Waals surface area (Å²) in [7, 11) is 0. The van der Waals surface area contributed by atoms with E-state index in [0.29, 0.717) is 29.5 Å². The maximum atomic E-state index is 12.9. The lowest BCUT2D eigenvalue weighted by molar-refractivity contribution is -0.384. The Bertz CT molecular complexity index is 1150. The molecule has 176 valence electrons. The van der Waals surface area contributed by atoms with Crippen molar-refractivity contribution in [3.05, 3.63) is 88.1 Å². The first kappa shape index (κ1) is 24.7. The second kappa shape index (κ2) is 11.8. The van der Waals surface area contributed by atoms with Crippen LogP contribution in [0.3, 0.4) is 0 Å². The Labute approximate surface area is 201 Å². The maximum absolute atomic E-state index is 12.9. The summed E-state index contributed by atoms with van der Waals surface area (Å²) in [6.45, 7) is 1.98. The number of nitro benzene ring substituents is 1. The summed E-state index contributed by atoms with van der Waals surface area (Å²) in [5.74, 6) is 0.678. The summed E-state index contributed by atoms with van der Waals surface area (Å²) >= 11 is 1.54. The molecular weight excluding hydrogens is 456 g/mol. The van der Waals surface area contributed by atoms with Crippen molar-refractivity contribution in [3.63, 3.8) is 0 Å². The summed E-state index contributed by atoms with van der Waals surface area (Å²) in [4.78, 5) is 40.1. The number of nitrogens with one attached hydrogen (secondary N) is 2. The number of benzene rings is 2. The van der Waals surface area contributed by atoms with Crippen LogP contribution in [0.5, 0.6) is 11.6 Å². The molecule has 0 saturated heterocycles. The second-order valence-corrected chi connectivity index (χ2v) is 8.39. The van der Waals surface area contributed by atoms with Crippen molar-refractivity contribution in [2.24, 2.45) is 0 Å². The van der Waals surface area contributed by atoms with E-state index in [0.717, 1.165) is 5.56 Å². The molecule has 0 spiro atoms. The topological polar surface area (TPSA) is 123 Å². The largest absolute Gasteiger partial charge is 0.439 e. The van der Waals surface area contributed by atoms with Crippen molar-refractivity contribution >= 4 is 35.0 Å². The molecule has 1 aromatic heterocycles. The zero-order chi connectivity index (χ0) is 24.5. The minimum absolute atomic E-state index is 0.107. The van der Waals surface area contributed by atoms with Crippen LogP contribution in [0.4, 0.5) is 11.4 Å².